The Morgan fingerprint density at radius 1 is 1.33 bits per heavy atom. The SMILES string of the molecule is CC1(NS(=O)(=O)c2ccc(CNC3CC3)c(Cl)c2)CCC1. The molecule has 0 radical (unpaired) electrons. The summed E-state index contributed by atoms with van der Waals surface area (Å²) in [5, 5.41) is 3.88. The van der Waals surface area contributed by atoms with E-state index < -0.39 is 10.0 Å². The molecule has 21 heavy (non-hydrogen) atoms. The van der Waals surface area contributed by atoms with E-state index in [-0.39, 0.29) is 10.4 Å². The Hall–Kier alpha value is -0.620. The van der Waals surface area contributed by atoms with Crippen LogP contribution in [0.4, 0.5) is 0 Å². The summed E-state index contributed by atoms with van der Waals surface area (Å²) in [5.74, 6) is 0. The van der Waals surface area contributed by atoms with Crippen molar-refractivity contribution >= 4 is 21.6 Å². The maximum atomic E-state index is 12.4. The molecule has 0 unspecified atom stereocenters. The van der Waals surface area contributed by atoms with Crippen LogP contribution in [0, 0.1) is 0 Å². The fraction of sp³-hybridized carbons (Fsp3) is 0.600. The molecule has 2 N–H and O–H groups in total. The third-order valence-corrected chi connectivity index (χ3v) is 6.32. The maximum Gasteiger partial charge on any atom is 0.241 e. The lowest BCUT2D eigenvalue weighted by Crippen LogP contribution is -2.50. The Morgan fingerprint density at radius 2 is 2.05 bits per heavy atom. The highest BCUT2D eigenvalue weighted by Crippen LogP contribution is 2.33. The molecule has 0 atom stereocenters. The number of halogens is 1. The van der Waals surface area contributed by atoms with Crippen molar-refractivity contribution in [1.29, 1.82) is 0 Å². The average molecular weight is 329 g/mol. The van der Waals surface area contributed by atoms with Crippen LogP contribution in [0.5, 0.6) is 0 Å². The second-order valence-electron chi connectivity index (χ2n) is 6.43. The Bertz CT molecular complexity index is 637. The molecule has 3 rings (SSSR count). The molecule has 0 aromatic heterocycles. The van der Waals surface area contributed by atoms with Gasteiger partial charge in [-0.2, -0.15) is 0 Å². The van der Waals surface area contributed by atoms with Gasteiger partial charge in [-0.25, -0.2) is 13.1 Å². The van der Waals surface area contributed by atoms with Gasteiger partial charge in [-0.05, 0) is 56.7 Å². The van der Waals surface area contributed by atoms with E-state index in [1.165, 1.54) is 12.8 Å². The van der Waals surface area contributed by atoms with Crippen molar-refractivity contribution in [2.75, 3.05) is 0 Å². The van der Waals surface area contributed by atoms with Crippen LogP contribution in [0.3, 0.4) is 0 Å². The predicted octanol–water partition coefficient (Wildman–Crippen LogP) is 2.81. The van der Waals surface area contributed by atoms with Crippen LogP contribution in [0.25, 0.3) is 0 Å². The number of hydrogen-bond acceptors (Lipinski definition) is 3. The molecule has 1 aromatic rings. The summed E-state index contributed by atoms with van der Waals surface area (Å²) in [4.78, 5) is 0.246. The smallest absolute Gasteiger partial charge is 0.241 e. The second-order valence-corrected chi connectivity index (χ2v) is 8.52. The van der Waals surface area contributed by atoms with Crippen molar-refractivity contribution in [3.63, 3.8) is 0 Å². The Balaban J connectivity index is 1.73. The van der Waals surface area contributed by atoms with Crippen LogP contribution in [-0.4, -0.2) is 20.0 Å². The highest BCUT2D eigenvalue weighted by molar-refractivity contribution is 7.89. The van der Waals surface area contributed by atoms with Crippen molar-refractivity contribution in [1.82, 2.24) is 10.0 Å². The van der Waals surface area contributed by atoms with Gasteiger partial charge in [-0.3, -0.25) is 0 Å². The zero-order chi connectivity index (χ0) is 15.1. The molecule has 1 aromatic carbocycles. The van der Waals surface area contributed by atoms with Crippen molar-refractivity contribution in [2.24, 2.45) is 0 Å². The zero-order valence-electron chi connectivity index (χ0n) is 12.2. The summed E-state index contributed by atoms with van der Waals surface area (Å²) in [5.41, 5.74) is 0.648. The van der Waals surface area contributed by atoms with E-state index in [1.807, 2.05) is 6.92 Å². The fourth-order valence-corrected chi connectivity index (χ4v) is 4.38. The third-order valence-electron chi connectivity index (χ3n) is 4.33. The van der Waals surface area contributed by atoms with Crippen LogP contribution >= 0.6 is 11.6 Å². The van der Waals surface area contributed by atoms with Crippen LogP contribution < -0.4 is 10.0 Å². The van der Waals surface area contributed by atoms with Crippen molar-refractivity contribution < 1.29 is 8.42 Å². The van der Waals surface area contributed by atoms with Gasteiger partial charge in [0.2, 0.25) is 10.0 Å². The highest BCUT2D eigenvalue weighted by Gasteiger charge is 2.36. The van der Waals surface area contributed by atoms with Crippen LogP contribution in [0.1, 0.15) is 44.6 Å². The lowest BCUT2D eigenvalue weighted by atomic mass is 9.80. The highest BCUT2D eigenvalue weighted by atomic mass is 35.5. The summed E-state index contributed by atoms with van der Waals surface area (Å²) < 4.78 is 27.6. The molecular formula is C15H21ClN2O2S. The van der Waals surface area contributed by atoms with E-state index in [0.717, 1.165) is 24.8 Å². The van der Waals surface area contributed by atoms with Gasteiger partial charge >= 0.3 is 0 Å². The monoisotopic (exact) mass is 328 g/mol. The van der Waals surface area contributed by atoms with Gasteiger partial charge in [0.1, 0.15) is 0 Å². The molecule has 0 amide bonds. The molecule has 2 aliphatic carbocycles. The van der Waals surface area contributed by atoms with Crippen LogP contribution in [-0.2, 0) is 16.6 Å². The minimum atomic E-state index is -3.49. The van der Waals surface area contributed by atoms with Gasteiger partial charge in [-0.1, -0.05) is 17.7 Å². The lowest BCUT2D eigenvalue weighted by molar-refractivity contribution is 0.248. The predicted molar refractivity (Wildman–Crippen MR) is 83.9 cm³/mol. The van der Waals surface area contributed by atoms with Gasteiger partial charge < -0.3 is 5.32 Å². The van der Waals surface area contributed by atoms with E-state index in [0.29, 0.717) is 17.6 Å². The molecule has 0 saturated heterocycles. The molecule has 6 heteroatoms. The molecule has 0 aliphatic heterocycles. The summed E-state index contributed by atoms with van der Waals surface area (Å²) in [6.07, 6.45) is 5.29. The number of benzene rings is 1. The minimum Gasteiger partial charge on any atom is -0.310 e. The topological polar surface area (TPSA) is 58.2 Å². The number of rotatable bonds is 6. The largest absolute Gasteiger partial charge is 0.310 e. The van der Waals surface area contributed by atoms with Crippen molar-refractivity contribution in [3.8, 4) is 0 Å². The number of nitrogens with one attached hydrogen (secondary N) is 2. The summed E-state index contributed by atoms with van der Waals surface area (Å²) in [6, 6.07) is 5.59. The van der Waals surface area contributed by atoms with E-state index in [9.17, 15) is 8.42 Å². The fourth-order valence-electron chi connectivity index (χ4n) is 2.57. The second kappa shape index (κ2) is 5.54. The standard InChI is InChI=1S/C15H21ClN2O2S/c1-15(7-2-8-15)18-21(19,20)13-6-3-11(14(16)9-13)10-17-12-4-5-12/h3,6,9,12,17-18H,2,4-5,7-8,10H2,1H3. The molecule has 2 saturated carbocycles. The number of hydrogen-bond donors (Lipinski definition) is 2. The Morgan fingerprint density at radius 3 is 2.57 bits per heavy atom. The maximum absolute atomic E-state index is 12.4. The molecule has 2 aliphatic rings. The van der Waals surface area contributed by atoms with Gasteiger partial charge in [0.15, 0.2) is 0 Å². The first-order valence-corrected chi connectivity index (χ1v) is 9.30. The summed E-state index contributed by atoms with van der Waals surface area (Å²) >= 11 is 6.23. The van der Waals surface area contributed by atoms with Gasteiger partial charge in [-0.15, -0.1) is 0 Å². The van der Waals surface area contributed by atoms with E-state index in [4.69, 9.17) is 11.6 Å². The Kier molecular flexibility index (Phi) is 4.03. The summed E-state index contributed by atoms with van der Waals surface area (Å²) in [6.45, 7) is 2.64. The molecule has 0 spiro atoms. The van der Waals surface area contributed by atoms with Crippen molar-refractivity contribution in [2.45, 2.75) is 62.0 Å². The van der Waals surface area contributed by atoms with Crippen molar-refractivity contribution in [3.05, 3.63) is 28.8 Å². The third kappa shape index (κ3) is 3.59. The van der Waals surface area contributed by atoms with Gasteiger partial charge in [0.25, 0.3) is 0 Å². The summed E-state index contributed by atoms with van der Waals surface area (Å²) in [7, 11) is -3.49. The minimum absolute atomic E-state index is 0.246. The Labute approximate surface area is 131 Å². The first-order valence-electron chi connectivity index (χ1n) is 7.44. The normalized spacial score (nSPS) is 21.0. The van der Waals surface area contributed by atoms with Crippen LogP contribution in [0.2, 0.25) is 5.02 Å². The molecule has 116 valence electrons. The van der Waals surface area contributed by atoms with E-state index in [1.54, 1.807) is 18.2 Å². The molecule has 2 fully saturated rings. The first kappa shape index (κ1) is 15.3. The van der Waals surface area contributed by atoms with Crippen LogP contribution in [0.15, 0.2) is 23.1 Å². The van der Waals surface area contributed by atoms with E-state index >= 15 is 0 Å². The quantitative estimate of drug-likeness (QED) is 0.844. The van der Waals surface area contributed by atoms with Gasteiger partial charge in [0, 0.05) is 23.1 Å². The molecular weight excluding hydrogens is 308 g/mol. The molecule has 0 heterocycles. The molecule has 0 bridgehead atoms. The van der Waals surface area contributed by atoms with Gasteiger partial charge in [0.05, 0.1) is 4.90 Å². The molecule has 4 nitrogen and oxygen atoms in total. The number of sulfonamides is 1. The first-order chi connectivity index (χ1) is 9.88. The van der Waals surface area contributed by atoms with E-state index in [2.05, 4.69) is 10.0 Å². The lowest BCUT2D eigenvalue weighted by Gasteiger charge is -2.38. The average Bonchev–Trinajstić information content (AvgIpc) is 3.19. The zero-order valence-corrected chi connectivity index (χ0v) is 13.7.